The molecule has 0 spiro atoms. The molecule has 0 aliphatic heterocycles. The van der Waals surface area contributed by atoms with Gasteiger partial charge in [0.25, 0.3) is 0 Å². The molecule has 6 aromatic rings. The summed E-state index contributed by atoms with van der Waals surface area (Å²) in [6.45, 7) is 11.9. The van der Waals surface area contributed by atoms with Crippen LogP contribution >= 0.6 is 0 Å². The Morgan fingerprint density at radius 1 is 0.487 bits per heavy atom. The van der Waals surface area contributed by atoms with Gasteiger partial charge in [-0.2, -0.15) is 0 Å². The highest BCUT2D eigenvalue weighted by Gasteiger charge is 2.15. The fraction of sp³-hybridized carbons (Fsp3) is 0. The minimum atomic E-state index is 0.162. The lowest BCUT2D eigenvalue weighted by atomic mass is 9.89. The molecule has 0 heterocycles. The van der Waals surface area contributed by atoms with E-state index in [0.29, 0.717) is 5.39 Å². The molecule has 0 saturated carbocycles. The highest BCUT2D eigenvalue weighted by atomic mass is 16.3. The molecular weight excluding hydrogens is 480 g/mol. The van der Waals surface area contributed by atoms with Crippen molar-refractivity contribution < 1.29 is 15.3 Å². The van der Waals surface area contributed by atoms with E-state index in [2.05, 4.69) is 19.7 Å². The molecule has 3 N–H and O–H groups in total. The van der Waals surface area contributed by atoms with Gasteiger partial charge in [-0.25, -0.2) is 0 Å². The van der Waals surface area contributed by atoms with Gasteiger partial charge in [0.15, 0.2) is 0 Å². The molecule has 0 amide bonds. The van der Waals surface area contributed by atoms with Crippen LogP contribution < -0.4 is 0 Å². The van der Waals surface area contributed by atoms with E-state index in [1.807, 2.05) is 66.7 Å². The van der Waals surface area contributed by atoms with Crippen LogP contribution in [0.15, 0.2) is 105 Å². The van der Waals surface area contributed by atoms with Gasteiger partial charge in [0, 0.05) is 10.8 Å². The molecule has 6 aromatic carbocycles. The fourth-order valence-electron chi connectivity index (χ4n) is 5.51. The van der Waals surface area contributed by atoms with E-state index in [-0.39, 0.29) is 17.2 Å². The van der Waals surface area contributed by atoms with Crippen molar-refractivity contribution in [2.45, 2.75) is 0 Å². The minimum Gasteiger partial charge on any atom is -0.508 e. The summed E-state index contributed by atoms with van der Waals surface area (Å²) in [4.78, 5) is 0. The van der Waals surface area contributed by atoms with Gasteiger partial charge in [-0.1, -0.05) is 74.4 Å². The van der Waals surface area contributed by atoms with Crippen molar-refractivity contribution in [2.24, 2.45) is 0 Å². The van der Waals surface area contributed by atoms with Crippen LogP contribution in [-0.2, 0) is 0 Å². The van der Waals surface area contributed by atoms with Crippen LogP contribution in [0.1, 0.15) is 16.7 Å². The van der Waals surface area contributed by atoms with Crippen LogP contribution in [0.4, 0.5) is 0 Å². The number of hydrogen-bond acceptors (Lipinski definition) is 3. The number of phenols is 3. The maximum Gasteiger partial charge on any atom is 0.124 e. The lowest BCUT2D eigenvalue weighted by Crippen LogP contribution is -1.90. The summed E-state index contributed by atoms with van der Waals surface area (Å²) in [6, 6.07) is 26.6. The Balaban J connectivity index is 1.55. The average Bonchev–Trinajstić information content (AvgIpc) is 2.96. The molecule has 188 valence electrons. The summed E-state index contributed by atoms with van der Waals surface area (Å²) in [5.74, 6) is 0.567. The molecule has 0 aromatic heterocycles. The van der Waals surface area contributed by atoms with Crippen molar-refractivity contribution >= 4 is 50.5 Å². The number of hydrogen-bond donors (Lipinski definition) is 3. The third-order valence-corrected chi connectivity index (χ3v) is 7.42. The number of phenolic OH excluding ortho intramolecular Hbond substituents is 3. The van der Waals surface area contributed by atoms with Crippen LogP contribution in [0, 0.1) is 0 Å². The van der Waals surface area contributed by atoms with E-state index >= 15 is 0 Å². The highest BCUT2D eigenvalue weighted by molar-refractivity contribution is 6.05. The van der Waals surface area contributed by atoms with Crippen molar-refractivity contribution in [1.82, 2.24) is 0 Å². The lowest BCUT2D eigenvalue weighted by Gasteiger charge is -2.15. The molecule has 3 nitrogen and oxygen atoms in total. The van der Waals surface area contributed by atoms with Gasteiger partial charge in [-0.15, -0.1) is 0 Å². The number of fused-ring (bicyclic) bond motifs is 3. The van der Waals surface area contributed by atoms with E-state index in [0.717, 1.165) is 65.9 Å². The van der Waals surface area contributed by atoms with E-state index in [4.69, 9.17) is 0 Å². The molecule has 39 heavy (non-hydrogen) atoms. The summed E-state index contributed by atoms with van der Waals surface area (Å²) >= 11 is 0. The molecule has 3 heteroatoms. The summed E-state index contributed by atoms with van der Waals surface area (Å²) < 4.78 is 0. The second-order valence-electron chi connectivity index (χ2n) is 9.64. The van der Waals surface area contributed by atoms with Crippen molar-refractivity contribution in [2.75, 3.05) is 0 Å². The van der Waals surface area contributed by atoms with E-state index in [9.17, 15) is 15.3 Å². The van der Waals surface area contributed by atoms with Gasteiger partial charge >= 0.3 is 0 Å². The zero-order valence-electron chi connectivity index (χ0n) is 21.3. The molecule has 0 atom stereocenters. The number of aromatic hydroxyl groups is 3. The first-order chi connectivity index (χ1) is 18.9. The quantitative estimate of drug-likeness (QED) is 0.218. The molecule has 6 rings (SSSR count). The van der Waals surface area contributed by atoms with Gasteiger partial charge in [0.2, 0.25) is 0 Å². The standard InChI is InChI=1S/C36H26O3/c1-4-21-14-26(19-33-29(21)8-7-9-35(33)38)23-12-13-30-28(6-3)32(20-36(39)34(30)17-23)25-11-10-24-16-27(37)15-22(5-2)31(24)18-25/h4-20,37-39H,1-3H2. The first-order valence-corrected chi connectivity index (χ1v) is 12.6. The van der Waals surface area contributed by atoms with Crippen LogP contribution in [0.5, 0.6) is 17.2 Å². The van der Waals surface area contributed by atoms with Gasteiger partial charge in [0.05, 0.1) is 0 Å². The summed E-state index contributed by atoms with van der Waals surface area (Å²) in [6.07, 6.45) is 5.33. The summed E-state index contributed by atoms with van der Waals surface area (Å²) in [5, 5.41) is 36.9. The van der Waals surface area contributed by atoms with E-state index in [1.54, 1.807) is 36.4 Å². The number of benzene rings is 6. The second kappa shape index (κ2) is 9.23. The average molecular weight is 507 g/mol. The lowest BCUT2D eigenvalue weighted by molar-refractivity contribution is 0.476. The van der Waals surface area contributed by atoms with Crippen LogP contribution in [0.2, 0.25) is 0 Å². The topological polar surface area (TPSA) is 60.7 Å². The summed E-state index contributed by atoms with van der Waals surface area (Å²) in [7, 11) is 0. The predicted octanol–water partition coefficient (Wildman–Crippen LogP) is 9.53. The third kappa shape index (κ3) is 3.92. The Morgan fingerprint density at radius 2 is 1.18 bits per heavy atom. The Bertz CT molecular complexity index is 2000. The molecule has 0 saturated heterocycles. The van der Waals surface area contributed by atoms with Crippen molar-refractivity contribution in [3.63, 3.8) is 0 Å². The van der Waals surface area contributed by atoms with Crippen molar-refractivity contribution in [1.29, 1.82) is 0 Å². The van der Waals surface area contributed by atoms with Gasteiger partial charge in [-0.05, 0) is 109 Å². The number of rotatable bonds is 5. The first kappa shape index (κ1) is 24.1. The van der Waals surface area contributed by atoms with Crippen LogP contribution in [0.25, 0.3) is 72.8 Å². The predicted molar refractivity (Wildman–Crippen MR) is 165 cm³/mol. The largest absolute Gasteiger partial charge is 0.508 e. The van der Waals surface area contributed by atoms with E-state index in [1.165, 1.54) is 0 Å². The smallest absolute Gasteiger partial charge is 0.124 e. The Kier molecular flexibility index (Phi) is 5.70. The molecule has 0 aliphatic carbocycles. The Hall–Kier alpha value is -5.28. The Labute approximate surface area is 226 Å². The summed E-state index contributed by atoms with van der Waals surface area (Å²) in [5.41, 5.74) is 6.28. The molecule has 0 fully saturated rings. The van der Waals surface area contributed by atoms with E-state index < -0.39 is 0 Å². The fourth-order valence-corrected chi connectivity index (χ4v) is 5.51. The molecule has 0 aliphatic rings. The zero-order chi connectivity index (χ0) is 27.3. The molecule has 0 bridgehead atoms. The first-order valence-electron chi connectivity index (χ1n) is 12.6. The maximum absolute atomic E-state index is 11.2. The Morgan fingerprint density at radius 3 is 1.95 bits per heavy atom. The normalized spacial score (nSPS) is 11.2. The highest BCUT2D eigenvalue weighted by Crippen LogP contribution is 2.41. The maximum atomic E-state index is 11.2. The molecule has 0 unspecified atom stereocenters. The van der Waals surface area contributed by atoms with Gasteiger partial charge in [-0.3, -0.25) is 0 Å². The zero-order valence-corrected chi connectivity index (χ0v) is 21.3. The van der Waals surface area contributed by atoms with Crippen molar-refractivity contribution in [3.8, 4) is 39.5 Å². The second-order valence-corrected chi connectivity index (χ2v) is 9.64. The van der Waals surface area contributed by atoms with Gasteiger partial charge in [0.1, 0.15) is 17.2 Å². The van der Waals surface area contributed by atoms with Crippen LogP contribution in [-0.4, -0.2) is 15.3 Å². The SMILES string of the molecule is C=Cc1cc(O)cc2ccc(-c3cc(O)c4cc(-c5cc(C=C)c6cccc(O)c6c5)ccc4c3C=C)cc12. The molecule has 0 radical (unpaired) electrons. The third-order valence-electron chi connectivity index (χ3n) is 7.42. The van der Waals surface area contributed by atoms with Gasteiger partial charge < -0.3 is 15.3 Å². The monoisotopic (exact) mass is 506 g/mol. The minimum absolute atomic E-state index is 0.162. The van der Waals surface area contributed by atoms with Crippen LogP contribution in [0.3, 0.4) is 0 Å². The van der Waals surface area contributed by atoms with Crippen molar-refractivity contribution in [3.05, 3.63) is 121 Å². The molecular formula is C36H26O3.